The second-order valence-corrected chi connectivity index (χ2v) is 7.12. The third kappa shape index (κ3) is 4.47. The molecular formula is C19H30N2O2. The van der Waals surface area contributed by atoms with Crippen LogP contribution in [0.3, 0.4) is 0 Å². The molecule has 0 radical (unpaired) electrons. The maximum absolute atomic E-state index is 12.7. The fraction of sp³-hybridized carbons (Fsp3) is 0.632. The molecule has 128 valence electrons. The minimum atomic E-state index is -0.358. The summed E-state index contributed by atoms with van der Waals surface area (Å²) in [5.41, 5.74) is 2.38. The molecule has 0 saturated carbocycles. The van der Waals surface area contributed by atoms with Crippen LogP contribution in [-0.4, -0.2) is 35.2 Å². The van der Waals surface area contributed by atoms with Gasteiger partial charge in [0.1, 0.15) is 0 Å². The molecule has 23 heavy (non-hydrogen) atoms. The van der Waals surface area contributed by atoms with Crippen LogP contribution in [-0.2, 0) is 0 Å². The minimum absolute atomic E-state index is 0.00984. The second kappa shape index (κ2) is 7.82. The van der Waals surface area contributed by atoms with Gasteiger partial charge in [-0.05, 0) is 43.7 Å². The summed E-state index contributed by atoms with van der Waals surface area (Å²) in [5, 5.41) is 13.0. The first-order chi connectivity index (χ1) is 10.9. The molecule has 0 aromatic heterocycles. The Morgan fingerprint density at radius 3 is 2.61 bits per heavy atom. The number of hydrogen-bond acceptors (Lipinski definition) is 2. The van der Waals surface area contributed by atoms with E-state index < -0.39 is 0 Å². The molecule has 4 heteroatoms. The van der Waals surface area contributed by atoms with E-state index in [9.17, 15) is 9.90 Å². The van der Waals surface area contributed by atoms with Gasteiger partial charge >= 0.3 is 6.03 Å². The summed E-state index contributed by atoms with van der Waals surface area (Å²) in [6, 6.07) is 8.22. The van der Waals surface area contributed by atoms with Gasteiger partial charge in [0.05, 0.1) is 12.1 Å². The lowest BCUT2D eigenvalue weighted by Crippen LogP contribution is -2.48. The molecule has 1 heterocycles. The van der Waals surface area contributed by atoms with E-state index >= 15 is 0 Å². The molecule has 1 aromatic carbocycles. The Kier molecular flexibility index (Phi) is 6.05. The average Bonchev–Trinajstić information content (AvgIpc) is 2.53. The molecule has 0 bridgehead atoms. The second-order valence-electron chi connectivity index (χ2n) is 7.12. The maximum Gasteiger partial charge on any atom is 0.317 e. The summed E-state index contributed by atoms with van der Waals surface area (Å²) in [6.45, 7) is 9.58. The number of aliphatic hydroxyl groups is 1. The third-order valence-corrected chi connectivity index (χ3v) is 4.90. The van der Waals surface area contributed by atoms with Gasteiger partial charge in [0.25, 0.3) is 0 Å². The molecule has 1 fully saturated rings. The van der Waals surface area contributed by atoms with E-state index in [0.29, 0.717) is 12.5 Å². The van der Waals surface area contributed by atoms with Gasteiger partial charge < -0.3 is 15.3 Å². The Balaban J connectivity index is 2.08. The van der Waals surface area contributed by atoms with Crippen molar-refractivity contribution in [3.63, 3.8) is 0 Å². The minimum Gasteiger partial charge on any atom is -0.393 e. The predicted octanol–water partition coefficient (Wildman–Crippen LogP) is 3.49. The van der Waals surface area contributed by atoms with Crippen LogP contribution in [0.1, 0.15) is 50.8 Å². The maximum atomic E-state index is 12.7. The van der Waals surface area contributed by atoms with Crippen molar-refractivity contribution in [1.29, 1.82) is 0 Å². The molecule has 2 amide bonds. The SMILES string of the molecule is Cc1ccccc1C(NC(=O)N1CCCC(C(C)O)C1)C(C)C. The number of carbonyl (C=O) groups is 1. The number of piperidine rings is 1. The van der Waals surface area contributed by atoms with Crippen molar-refractivity contribution < 1.29 is 9.90 Å². The molecular weight excluding hydrogens is 288 g/mol. The van der Waals surface area contributed by atoms with E-state index in [1.165, 1.54) is 11.1 Å². The number of nitrogens with zero attached hydrogens (tertiary/aromatic N) is 1. The first kappa shape index (κ1) is 17.8. The van der Waals surface area contributed by atoms with Gasteiger partial charge in [-0.2, -0.15) is 0 Å². The number of aliphatic hydroxyl groups excluding tert-OH is 1. The zero-order chi connectivity index (χ0) is 17.0. The van der Waals surface area contributed by atoms with Gasteiger partial charge in [-0.25, -0.2) is 4.79 Å². The highest BCUT2D eigenvalue weighted by atomic mass is 16.3. The van der Waals surface area contributed by atoms with Gasteiger partial charge in [-0.3, -0.25) is 0 Å². The van der Waals surface area contributed by atoms with E-state index in [4.69, 9.17) is 0 Å². The number of carbonyl (C=O) groups excluding carboxylic acids is 1. The van der Waals surface area contributed by atoms with Crippen molar-refractivity contribution in [2.24, 2.45) is 11.8 Å². The largest absolute Gasteiger partial charge is 0.393 e. The van der Waals surface area contributed by atoms with Gasteiger partial charge in [0, 0.05) is 19.0 Å². The molecule has 0 spiro atoms. The van der Waals surface area contributed by atoms with Crippen molar-refractivity contribution in [1.82, 2.24) is 10.2 Å². The van der Waals surface area contributed by atoms with Gasteiger partial charge in [-0.15, -0.1) is 0 Å². The van der Waals surface area contributed by atoms with Gasteiger partial charge in [0.15, 0.2) is 0 Å². The van der Waals surface area contributed by atoms with Crippen LogP contribution in [0.2, 0.25) is 0 Å². The molecule has 2 rings (SSSR count). The average molecular weight is 318 g/mol. The van der Waals surface area contributed by atoms with Crippen LogP contribution in [0.5, 0.6) is 0 Å². The monoisotopic (exact) mass is 318 g/mol. The van der Waals surface area contributed by atoms with Crippen LogP contribution < -0.4 is 5.32 Å². The third-order valence-electron chi connectivity index (χ3n) is 4.90. The molecule has 1 aliphatic rings. The highest BCUT2D eigenvalue weighted by Gasteiger charge is 2.28. The summed E-state index contributed by atoms with van der Waals surface area (Å²) >= 11 is 0. The van der Waals surface area contributed by atoms with Crippen LogP contribution in [0.4, 0.5) is 4.79 Å². The fourth-order valence-electron chi connectivity index (χ4n) is 3.35. The summed E-state index contributed by atoms with van der Waals surface area (Å²) in [7, 11) is 0. The lowest BCUT2D eigenvalue weighted by Gasteiger charge is -2.36. The van der Waals surface area contributed by atoms with Gasteiger partial charge in [-0.1, -0.05) is 38.1 Å². The number of nitrogens with one attached hydrogen (secondary N) is 1. The lowest BCUT2D eigenvalue weighted by atomic mass is 9.92. The molecule has 2 N–H and O–H groups in total. The van der Waals surface area contributed by atoms with Gasteiger partial charge in [0.2, 0.25) is 0 Å². The van der Waals surface area contributed by atoms with E-state index in [-0.39, 0.29) is 24.1 Å². The van der Waals surface area contributed by atoms with E-state index in [1.807, 2.05) is 24.0 Å². The number of benzene rings is 1. The zero-order valence-electron chi connectivity index (χ0n) is 14.7. The Hall–Kier alpha value is -1.55. The number of likely N-dealkylation sites (tertiary alicyclic amines) is 1. The van der Waals surface area contributed by atoms with Crippen molar-refractivity contribution in [2.75, 3.05) is 13.1 Å². The highest BCUT2D eigenvalue weighted by molar-refractivity contribution is 5.75. The first-order valence-corrected chi connectivity index (χ1v) is 8.69. The number of urea groups is 1. The molecule has 4 nitrogen and oxygen atoms in total. The molecule has 0 aliphatic carbocycles. The highest BCUT2D eigenvalue weighted by Crippen LogP contribution is 2.26. The van der Waals surface area contributed by atoms with Crippen LogP contribution in [0.15, 0.2) is 24.3 Å². The molecule has 1 aromatic rings. The molecule has 3 unspecified atom stereocenters. The topological polar surface area (TPSA) is 52.6 Å². The Morgan fingerprint density at radius 2 is 2.00 bits per heavy atom. The lowest BCUT2D eigenvalue weighted by molar-refractivity contribution is 0.0729. The summed E-state index contributed by atoms with van der Waals surface area (Å²) in [5.74, 6) is 0.503. The molecule has 3 atom stereocenters. The summed E-state index contributed by atoms with van der Waals surface area (Å²) in [4.78, 5) is 14.6. The summed E-state index contributed by atoms with van der Waals surface area (Å²) < 4.78 is 0. The molecule has 1 saturated heterocycles. The van der Waals surface area contributed by atoms with E-state index in [1.54, 1.807) is 0 Å². The van der Waals surface area contributed by atoms with Crippen LogP contribution >= 0.6 is 0 Å². The fourth-order valence-corrected chi connectivity index (χ4v) is 3.35. The number of amides is 2. The van der Waals surface area contributed by atoms with Crippen molar-refractivity contribution in [3.8, 4) is 0 Å². The van der Waals surface area contributed by atoms with Crippen LogP contribution in [0.25, 0.3) is 0 Å². The quantitative estimate of drug-likeness (QED) is 0.893. The standard InChI is InChI=1S/C19H30N2O2/c1-13(2)18(17-10-6-5-8-14(17)3)20-19(23)21-11-7-9-16(12-21)15(4)22/h5-6,8,10,13,15-16,18,22H,7,9,11-12H2,1-4H3,(H,20,23). The normalized spacial score (nSPS) is 21.1. The zero-order valence-corrected chi connectivity index (χ0v) is 14.7. The number of rotatable bonds is 4. The van der Waals surface area contributed by atoms with Crippen molar-refractivity contribution in [3.05, 3.63) is 35.4 Å². The van der Waals surface area contributed by atoms with E-state index in [0.717, 1.165) is 19.4 Å². The smallest absolute Gasteiger partial charge is 0.317 e. The predicted molar refractivity (Wildman–Crippen MR) is 93.3 cm³/mol. The molecule has 1 aliphatic heterocycles. The summed E-state index contributed by atoms with van der Waals surface area (Å²) in [6.07, 6.45) is 1.59. The number of hydrogen-bond donors (Lipinski definition) is 2. The van der Waals surface area contributed by atoms with E-state index in [2.05, 4.69) is 38.2 Å². The first-order valence-electron chi connectivity index (χ1n) is 8.69. The van der Waals surface area contributed by atoms with Crippen molar-refractivity contribution >= 4 is 6.03 Å². The number of aryl methyl sites for hydroxylation is 1. The Labute approximate surface area is 139 Å². The Morgan fingerprint density at radius 1 is 1.30 bits per heavy atom. The van der Waals surface area contributed by atoms with Crippen LogP contribution in [0, 0.1) is 18.8 Å². The van der Waals surface area contributed by atoms with Crippen molar-refractivity contribution in [2.45, 2.75) is 52.7 Å². The Bertz CT molecular complexity index is 528.